The molecule has 1 fully saturated rings. The molecule has 2 rings (SSSR count). The van der Waals surface area contributed by atoms with E-state index >= 15 is 0 Å². The Morgan fingerprint density at radius 2 is 2.10 bits per heavy atom. The number of carbonyl (C=O) groups excluding carboxylic acids is 1. The van der Waals surface area contributed by atoms with E-state index in [0.717, 1.165) is 12.8 Å². The molecule has 1 heterocycles. The van der Waals surface area contributed by atoms with Gasteiger partial charge in [-0.1, -0.05) is 36.5 Å². The Morgan fingerprint density at radius 3 is 2.62 bits per heavy atom. The van der Waals surface area contributed by atoms with Crippen molar-refractivity contribution in [2.45, 2.75) is 24.7 Å². The minimum atomic E-state index is -4.01. The van der Waals surface area contributed by atoms with Gasteiger partial charge in [0.25, 0.3) is 5.91 Å². The zero-order valence-corrected chi connectivity index (χ0v) is 13.8. The summed E-state index contributed by atoms with van der Waals surface area (Å²) in [5.41, 5.74) is 0.00149. The number of hydrogen-bond acceptors (Lipinski definition) is 3. The third-order valence-corrected chi connectivity index (χ3v) is 5.50. The van der Waals surface area contributed by atoms with Crippen LogP contribution in [0.15, 0.2) is 17.0 Å². The van der Waals surface area contributed by atoms with Gasteiger partial charge in [-0.3, -0.25) is 4.79 Å². The molecule has 1 unspecified atom stereocenters. The van der Waals surface area contributed by atoms with Crippen LogP contribution in [0.2, 0.25) is 10.0 Å². The number of hydrogen-bond donors (Lipinski definition) is 1. The van der Waals surface area contributed by atoms with Crippen molar-refractivity contribution in [3.63, 3.8) is 0 Å². The minimum Gasteiger partial charge on any atom is -0.338 e. The first-order chi connectivity index (χ1) is 9.75. The topological polar surface area (TPSA) is 80.5 Å². The molecule has 1 aromatic carbocycles. The number of primary sulfonamides is 1. The van der Waals surface area contributed by atoms with Crippen LogP contribution in [-0.2, 0) is 10.0 Å². The Bertz CT molecular complexity index is 676. The van der Waals surface area contributed by atoms with Crippen molar-refractivity contribution in [3.8, 4) is 0 Å². The molecule has 0 spiro atoms. The van der Waals surface area contributed by atoms with Gasteiger partial charge >= 0.3 is 0 Å². The molecule has 0 bridgehead atoms. The number of amides is 1. The fourth-order valence-corrected chi connectivity index (χ4v) is 3.92. The molecule has 0 radical (unpaired) electrons. The molecule has 1 aliphatic heterocycles. The summed E-state index contributed by atoms with van der Waals surface area (Å²) >= 11 is 12.1. The van der Waals surface area contributed by atoms with E-state index in [2.05, 4.69) is 6.92 Å². The second-order valence-electron chi connectivity index (χ2n) is 5.09. The normalized spacial score (nSPS) is 19.0. The first kappa shape index (κ1) is 16.5. The van der Waals surface area contributed by atoms with Gasteiger partial charge in [0.2, 0.25) is 10.0 Å². The number of rotatable bonds is 3. The molecule has 21 heavy (non-hydrogen) atoms. The lowest BCUT2D eigenvalue weighted by Gasteiger charge is -2.18. The highest BCUT2D eigenvalue weighted by Gasteiger charge is 2.30. The van der Waals surface area contributed by atoms with E-state index in [1.807, 2.05) is 0 Å². The number of benzene rings is 1. The molecule has 1 atom stereocenters. The average Bonchev–Trinajstić information content (AvgIpc) is 2.85. The maximum absolute atomic E-state index is 12.6. The number of halogens is 2. The number of carbonyl (C=O) groups is 1. The monoisotopic (exact) mass is 350 g/mol. The minimum absolute atomic E-state index is 0.00149. The van der Waals surface area contributed by atoms with Crippen molar-refractivity contribution in [1.82, 2.24) is 4.90 Å². The molecule has 1 amide bonds. The summed E-state index contributed by atoms with van der Waals surface area (Å²) in [6.45, 7) is 3.31. The van der Waals surface area contributed by atoms with Crippen molar-refractivity contribution in [1.29, 1.82) is 0 Å². The van der Waals surface area contributed by atoms with Crippen molar-refractivity contribution in [2.75, 3.05) is 13.1 Å². The fraction of sp³-hybridized carbons (Fsp3) is 0.462. The van der Waals surface area contributed by atoms with E-state index in [0.29, 0.717) is 19.0 Å². The molecule has 116 valence electrons. The third-order valence-electron chi connectivity index (χ3n) is 3.73. The molecule has 2 N–H and O–H groups in total. The summed E-state index contributed by atoms with van der Waals surface area (Å²) in [7, 11) is -4.01. The van der Waals surface area contributed by atoms with Crippen LogP contribution in [0.25, 0.3) is 0 Å². The van der Waals surface area contributed by atoms with Crippen molar-refractivity contribution in [3.05, 3.63) is 27.7 Å². The molecule has 1 saturated heterocycles. The highest BCUT2D eigenvalue weighted by molar-refractivity contribution is 7.89. The summed E-state index contributed by atoms with van der Waals surface area (Å²) in [6, 6.07) is 2.53. The molecule has 0 saturated carbocycles. The van der Waals surface area contributed by atoms with Crippen LogP contribution in [0.5, 0.6) is 0 Å². The van der Waals surface area contributed by atoms with E-state index in [9.17, 15) is 13.2 Å². The van der Waals surface area contributed by atoms with E-state index in [1.165, 1.54) is 12.1 Å². The molecule has 8 heteroatoms. The van der Waals surface area contributed by atoms with Gasteiger partial charge in [0.1, 0.15) is 4.90 Å². The molecule has 0 aliphatic carbocycles. The first-order valence-corrected chi connectivity index (χ1v) is 8.86. The van der Waals surface area contributed by atoms with Gasteiger partial charge in [-0.2, -0.15) is 0 Å². The van der Waals surface area contributed by atoms with Gasteiger partial charge in [0.05, 0.1) is 15.6 Å². The number of nitrogens with zero attached hydrogens (tertiary/aromatic N) is 1. The summed E-state index contributed by atoms with van der Waals surface area (Å²) in [5, 5.41) is 5.00. The van der Waals surface area contributed by atoms with Gasteiger partial charge in [-0.25, -0.2) is 13.6 Å². The van der Waals surface area contributed by atoms with Crippen molar-refractivity contribution >= 4 is 39.1 Å². The largest absolute Gasteiger partial charge is 0.338 e. The highest BCUT2D eigenvalue weighted by Crippen LogP contribution is 2.33. The van der Waals surface area contributed by atoms with Gasteiger partial charge in [0, 0.05) is 13.1 Å². The quantitative estimate of drug-likeness (QED) is 0.909. The van der Waals surface area contributed by atoms with Crippen molar-refractivity contribution < 1.29 is 13.2 Å². The maximum Gasteiger partial charge on any atom is 0.256 e. The zero-order chi connectivity index (χ0) is 15.8. The Labute approximate surface area is 134 Å². The van der Waals surface area contributed by atoms with E-state index in [1.54, 1.807) is 4.90 Å². The van der Waals surface area contributed by atoms with Crippen LogP contribution in [0.3, 0.4) is 0 Å². The number of nitrogens with two attached hydrogens (primary N) is 1. The summed E-state index contributed by atoms with van der Waals surface area (Å²) in [6.07, 6.45) is 1.91. The average molecular weight is 351 g/mol. The van der Waals surface area contributed by atoms with Gasteiger partial charge < -0.3 is 4.90 Å². The van der Waals surface area contributed by atoms with Crippen LogP contribution in [0.1, 0.15) is 30.1 Å². The lowest BCUT2D eigenvalue weighted by Crippen LogP contribution is -2.29. The lowest BCUT2D eigenvalue weighted by molar-refractivity contribution is 0.0787. The first-order valence-electron chi connectivity index (χ1n) is 6.55. The Balaban J connectivity index is 2.42. The second kappa shape index (κ2) is 6.12. The predicted octanol–water partition coefficient (Wildman–Crippen LogP) is 2.51. The Hall–Kier alpha value is -0.820. The SMILES string of the molecule is CCC1CCN(C(=O)c2c(Cl)ccc(S(N)(=O)=O)c2Cl)C1. The smallest absolute Gasteiger partial charge is 0.256 e. The maximum atomic E-state index is 12.6. The molecule has 0 aromatic heterocycles. The fourth-order valence-electron chi connectivity index (χ4n) is 2.46. The second-order valence-corrected chi connectivity index (χ2v) is 7.41. The van der Waals surface area contributed by atoms with E-state index in [4.69, 9.17) is 28.3 Å². The Kier molecular flexibility index (Phi) is 4.82. The summed E-state index contributed by atoms with van der Waals surface area (Å²) in [4.78, 5) is 13.9. The van der Waals surface area contributed by atoms with Gasteiger partial charge in [0.15, 0.2) is 0 Å². The molecular weight excluding hydrogens is 335 g/mol. The van der Waals surface area contributed by atoms with E-state index < -0.39 is 10.0 Å². The van der Waals surface area contributed by atoms with Crippen LogP contribution >= 0.6 is 23.2 Å². The van der Waals surface area contributed by atoms with Crippen LogP contribution in [-0.4, -0.2) is 32.3 Å². The molecule has 1 aromatic rings. The number of likely N-dealkylation sites (tertiary alicyclic amines) is 1. The van der Waals surface area contributed by atoms with Crippen molar-refractivity contribution in [2.24, 2.45) is 11.1 Å². The summed E-state index contributed by atoms with van der Waals surface area (Å²) < 4.78 is 23.0. The van der Waals surface area contributed by atoms with E-state index in [-0.39, 0.29) is 26.4 Å². The van der Waals surface area contributed by atoms with Crippen LogP contribution in [0.4, 0.5) is 0 Å². The van der Waals surface area contributed by atoms with Crippen LogP contribution in [0, 0.1) is 5.92 Å². The molecular formula is C13H16Cl2N2O3S. The standard InChI is InChI=1S/C13H16Cl2N2O3S/c1-2-8-5-6-17(7-8)13(18)11-9(14)3-4-10(12(11)15)21(16,19)20/h3-4,8H,2,5-7H2,1H3,(H2,16,19,20). The third kappa shape index (κ3) is 3.34. The van der Waals surface area contributed by atoms with Gasteiger partial charge in [-0.15, -0.1) is 0 Å². The molecule has 5 nitrogen and oxygen atoms in total. The molecule has 1 aliphatic rings. The summed E-state index contributed by atoms with van der Waals surface area (Å²) in [5.74, 6) is 0.0966. The zero-order valence-electron chi connectivity index (χ0n) is 11.5. The lowest BCUT2D eigenvalue weighted by atomic mass is 10.1. The Morgan fingerprint density at radius 1 is 1.43 bits per heavy atom. The predicted molar refractivity (Wildman–Crippen MR) is 82.1 cm³/mol. The highest BCUT2D eigenvalue weighted by atomic mass is 35.5. The van der Waals surface area contributed by atoms with Crippen LogP contribution < -0.4 is 5.14 Å². The van der Waals surface area contributed by atoms with Gasteiger partial charge in [-0.05, 0) is 24.5 Å². The number of sulfonamides is 1.